The van der Waals surface area contributed by atoms with Gasteiger partial charge in [0.05, 0.1) is 11.6 Å². The maximum atomic E-state index is 14.0. The van der Waals surface area contributed by atoms with Gasteiger partial charge >= 0.3 is 6.18 Å². The van der Waals surface area contributed by atoms with E-state index in [1.807, 2.05) is 12.1 Å². The minimum Gasteiger partial charge on any atom is -0.381 e. The fourth-order valence-corrected chi connectivity index (χ4v) is 4.83. The molecule has 3 heterocycles. The predicted molar refractivity (Wildman–Crippen MR) is 126 cm³/mol. The van der Waals surface area contributed by atoms with Crippen molar-refractivity contribution in [3.63, 3.8) is 0 Å². The van der Waals surface area contributed by atoms with E-state index < -0.39 is 11.9 Å². The molecule has 6 nitrogen and oxygen atoms in total. The molecule has 0 bridgehead atoms. The lowest BCUT2D eigenvalue weighted by molar-refractivity contribution is -0.140. The van der Waals surface area contributed by atoms with E-state index in [1.54, 1.807) is 36.1 Å². The van der Waals surface area contributed by atoms with Gasteiger partial charge in [0.1, 0.15) is 17.2 Å². The number of nitrogens with zero attached hydrogens (tertiary/aromatic N) is 3. The van der Waals surface area contributed by atoms with Crippen LogP contribution < -0.4 is 0 Å². The first-order valence-electron chi connectivity index (χ1n) is 11.9. The Morgan fingerprint density at radius 1 is 1.11 bits per heavy atom. The number of halogens is 3. The van der Waals surface area contributed by atoms with Crippen LogP contribution in [0.3, 0.4) is 0 Å². The average Bonchev–Trinajstić information content (AvgIpc) is 3.30. The van der Waals surface area contributed by atoms with Crippen molar-refractivity contribution in [2.24, 2.45) is 0 Å². The number of ether oxygens (including phenoxy) is 1. The van der Waals surface area contributed by atoms with Crippen LogP contribution in [0.5, 0.6) is 0 Å². The monoisotopic (exact) mass is 494 g/mol. The molecule has 9 heteroatoms. The summed E-state index contributed by atoms with van der Waals surface area (Å²) in [6.07, 6.45) is -3.39. The third-order valence-electron chi connectivity index (χ3n) is 7.03. The highest BCUT2D eigenvalue weighted by Gasteiger charge is 2.39. The normalized spacial score (nSPS) is 17.0. The molecule has 0 aliphatic carbocycles. The van der Waals surface area contributed by atoms with E-state index in [4.69, 9.17) is 10.00 Å². The molecule has 2 aliphatic rings. The van der Waals surface area contributed by atoms with Gasteiger partial charge in [0.25, 0.3) is 5.91 Å². The molecule has 2 aromatic carbocycles. The van der Waals surface area contributed by atoms with E-state index in [9.17, 15) is 18.0 Å². The zero-order valence-corrected chi connectivity index (χ0v) is 19.7. The first kappa shape index (κ1) is 24.1. The first-order valence-corrected chi connectivity index (χ1v) is 11.9. The third-order valence-corrected chi connectivity index (χ3v) is 7.03. The van der Waals surface area contributed by atoms with Gasteiger partial charge in [-0.05, 0) is 55.2 Å². The van der Waals surface area contributed by atoms with E-state index in [2.05, 4.69) is 16.0 Å². The van der Waals surface area contributed by atoms with Crippen LogP contribution >= 0.6 is 0 Å². The van der Waals surface area contributed by atoms with Crippen molar-refractivity contribution in [2.75, 3.05) is 26.3 Å². The number of nitrogens with one attached hydrogen (secondary N) is 1. The van der Waals surface area contributed by atoms with E-state index >= 15 is 0 Å². The minimum absolute atomic E-state index is 0.126. The Morgan fingerprint density at radius 2 is 1.81 bits per heavy atom. The average molecular weight is 495 g/mol. The van der Waals surface area contributed by atoms with Crippen molar-refractivity contribution in [3.05, 3.63) is 76.2 Å². The van der Waals surface area contributed by atoms with Gasteiger partial charge in [0.15, 0.2) is 0 Å². The van der Waals surface area contributed by atoms with Crippen LogP contribution in [0.1, 0.15) is 63.2 Å². The number of aromatic nitrogens is 2. The Labute approximate surface area is 206 Å². The van der Waals surface area contributed by atoms with Crippen LogP contribution in [0.15, 0.2) is 42.5 Å². The lowest BCUT2D eigenvalue weighted by atomic mass is 9.90. The molecule has 2 aliphatic heterocycles. The standard InChI is InChI=1S/C27H25F3N4O2/c1-16-2-5-20(26(35)34-14-21(15-34)18-6-3-17(13-31)4-7-18)12-22(16)23-24(27(28,29)30)33-25(32-23)19-8-10-36-11-9-19/h2-7,12,19,21H,8-11,14-15H2,1H3,(H,32,33). The molecule has 0 saturated carbocycles. The zero-order chi connectivity index (χ0) is 25.4. The number of rotatable bonds is 4. The number of alkyl halides is 3. The van der Waals surface area contributed by atoms with Gasteiger partial charge in [-0.3, -0.25) is 4.79 Å². The van der Waals surface area contributed by atoms with Gasteiger partial charge in [-0.2, -0.15) is 18.4 Å². The number of aryl methyl sites for hydroxylation is 1. The number of benzene rings is 2. The maximum absolute atomic E-state index is 14.0. The summed E-state index contributed by atoms with van der Waals surface area (Å²) in [5.74, 6) is 0.121. The van der Waals surface area contributed by atoms with Crippen molar-refractivity contribution in [3.8, 4) is 17.3 Å². The van der Waals surface area contributed by atoms with Gasteiger partial charge in [-0.15, -0.1) is 0 Å². The Balaban J connectivity index is 1.39. The van der Waals surface area contributed by atoms with Crippen LogP contribution in [0, 0.1) is 18.3 Å². The molecule has 2 fully saturated rings. The summed E-state index contributed by atoms with van der Waals surface area (Å²) < 4.78 is 47.2. The quantitative estimate of drug-likeness (QED) is 0.526. The molecule has 2 saturated heterocycles. The Morgan fingerprint density at radius 3 is 2.44 bits per heavy atom. The molecule has 1 amide bonds. The molecule has 0 spiro atoms. The molecule has 0 atom stereocenters. The van der Waals surface area contributed by atoms with Crippen LogP contribution in [0.2, 0.25) is 0 Å². The summed E-state index contributed by atoms with van der Waals surface area (Å²) in [5.41, 5.74) is 1.81. The van der Waals surface area contributed by atoms with Gasteiger partial charge in [-0.1, -0.05) is 18.2 Å². The number of H-pyrrole nitrogens is 1. The largest absolute Gasteiger partial charge is 0.433 e. The van der Waals surface area contributed by atoms with Gasteiger partial charge in [-0.25, -0.2) is 4.98 Å². The van der Waals surface area contributed by atoms with E-state index in [1.165, 1.54) is 6.07 Å². The molecule has 1 aromatic heterocycles. The fraction of sp³-hybridized carbons (Fsp3) is 0.370. The third kappa shape index (κ3) is 4.61. The summed E-state index contributed by atoms with van der Waals surface area (Å²) in [4.78, 5) is 21.8. The Hall–Kier alpha value is -3.64. The second kappa shape index (κ2) is 9.43. The lowest BCUT2D eigenvalue weighted by Gasteiger charge is -2.39. The summed E-state index contributed by atoms with van der Waals surface area (Å²) in [6.45, 7) is 3.72. The molecular formula is C27H25F3N4O2. The number of likely N-dealkylation sites (tertiary alicyclic amines) is 1. The number of amides is 1. The van der Waals surface area contributed by atoms with E-state index in [0.717, 1.165) is 5.56 Å². The van der Waals surface area contributed by atoms with Gasteiger partial charge < -0.3 is 14.6 Å². The topological polar surface area (TPSA) is 82.0 Å². The SMILES string of the molecule is Cc1ccc(C(=O)N2CC(c3ccc(C#N)cc3)C2)cc1-c1nc(C2CCOCC2)[nH]c1C(F)(F)F. The Bertz CT molecular complexity index is 1310. The van der Waals surface area contributed by atoms with Crippen molar-refractivity contribution < 1.29 is 22.7 Å². The van der Waals surface area contributed by atoms with Crippen LogP contribution in [-0.2, 0) is 10.9 Å². The Kier molecular flexibility index (Phi) is 6.31. The number of aromatic amines is 1. The zero-order valence-electron chi connectivity index (χ0n) is 19.7. The van der Waals surface area contributed by atoms with Crippen LogP contribution in [0.4, 0.5) is 13.2 Å². The van der Waals surface area contributed by atoms with Crippen molar-refractivity contribution in [1.82, 2.24) is 14.9 Å². The van der Waals surface area contributed by atoms with Crippen molar-refractivity contribution in [2.45, 2.75) is 37.8 Å². The number of carbonyl (C=O) groups is 1. The highest BCUT2D eigenvalue weighted by atomic mass is 19.4. The number of carbonyl (C=O) groups excluding carboxylic acids is 1. The molecule has 36 heavy (non-hydrogen) atoms. The number of hydrogen-bond acceptors (Lipinski definition) is 4. The summed E-state index contributed by atoms with van der Waals surface area (Å²) in [5, 5.41) is 8.96. The maximum Gasteiger partial charge on any atom is 0.433 e. The number of imidazole rings is 1. The number of hydrogen-bond donors (Lipinski definition) is 1. The molecule has 1 N–H and O–H groups in total. The lowest BCUT2D eigenvalue weighted by Crippen LogP contribution is -2.48. The van der Waals surface area contributed by atoms with E-state index in [-0.39, 0.29) is 23.4 Å². The second-order valence-corrected chi connectivity index (χ2v) is 9.40. The molecule has 5 rings (SSSR count). The van der Waals surface area contributed by atoms with Gasteiger partial charge in [0.2, 0.25) is 0 Å². The smallest absolute Gasteiger partial charge is 0.381 e. The molecule has 0 unspecified atom stereocenters. The molecule has 0 radical (unpaired) electrons. The van der Waals surface area contributed by atoms with Crippen LogP contribution in [-0.4, -0.2) is 47.1 Å². The fourth-order valence-electron chi connectivity index (χ4n) is 4.83. The van der Waals surface area contributed by atoms with Crippen molar-refractivity contribution >= 4 is 5.91 Å². The van der Waals surface area contributed by atoms with Crippen molar-refractivity contribution in [1.29, 1.82) is 5.26 Å². The highest BCUT2D eigenvalue weighted by Crippen LogP contribution is 2.39. The second-order valence-electron chi connectivity index (χ2n) is 9.40. The van der Waals surface area contributed by atoms with Crippen LogP contribution in [0.25, 0.3) is 11.3 Å². The van der Waals surface area contributed by atoms with Gasteiger partial charge in [0, 0.05) is 49.3 Å². The number of nitriles is 1. The minimum atomic E-state index is -4.61. The first-order chi connectivity index (χ1) is 17.2. The summed E-state index contributed by atoms with van der Waals surface area (Å²) in [6, 6.07) is 14.2. The summed E-state index contributed by atoms with van der Waals surface area (Å²) in [7, 11) is 0. The van der Waals surface area contributed by atoms with E-state index in [0.29, 0.717) is 67.2 Å². The molecular weight excluding hydrogens is 469 g/mol. The summed E-state index contributed by atoms with van der Waals surface area (Å²) >= 11 is 0. The molecule has 3 aromatic rings. The highest BCUT2D eigenvalue weighted by molar-refractivity contribution is 5.96. The molecule has 186 valence electrons. The predicted octanol–water partition coefficient (Wildman–Crippen LogP) is 5.41.